The molecule has 0 heterocycles. The van der Waals surface area contributed by atoms with E-state index in [0.29, 0.717) is 12.8 Å². The minimum absolute atomic E-state index is 0.375. The highest BCUT2D eigenvalue weighted by Gasteiger charge is 2.54. The highest BCUT2D eigenvalue weighted by atomic mass is 32.2. The molecule has 1 aliphatic rings. The molecule has 1 aliphatic carbocycles. The topological polar surface area (TPSA) is 34.1 Å². The van der Waals surface area contributed by atoms with Gasteiger partial charge in [-0.1, -0.05) is 0 Å². The first kappa shape index (κ1) is 7.91. The molecule has 0 aromatic heterocycles. The summed E-state index contributed by atoms with van der Waals surface area (Å²) in [5.41, 5.74) is 0. The van der Waals surface area contributed by atoms with Crippen LogP contribution in [0.25, 0.3) is 0 Å². The standard InChI is InChI=1S/C5H8F2O2S/c1-5(2-3-5)10(8,9)4(6)7/h4H,2-3H2,1H3. The van der Waals surface area contributed by atoms with Crippen molar-refractivity contribution in [3.05, 3.63) is 0 Å². The Morgan fingerprint density at radius 3 is 1.90 bits per heavy atom. The van der Waals surface area contributed by atoms with E-state index in [4.69, 9.17) is 0 Å². The fourth-order valence-corrected chi connectivity index (χ4v) is 1.78. The van der Waals surface area contributed by atoms with Gasteiger partial charge in [-0.05, 0) is 19.8 Å². The van der Waals surface area contributed by atoms with Crippen LogP contribution in [0.1, 0.15) is 19.8 Å². The van der Waals surface area contributed by atoms with Crippen molar-refractivity contribution in [1.82, 2.24) is 0 Å². The maximum atomic E-state index is 11.8. The van der Waals surface area contributed by atoms with Crippen molar-refractivity contribution in [3.63, 3.8) is 0 Å². The summed E-state index contributed by atoms with van der Waals surface area (Å²) in [7, 11) is -4.14. The molecule has 0 N–H and O–H groups in total. The van der Waals surface area contributed by atoms with Crippen LogP contribution in [0.2, 0.25) is 0 Å². The third-order valence-electron chi connectivity index (χ3n) is 1.88. The van der Waals surface area contributed by atoms with Crippen LogP contribution in [0.5, 0.6) is 0 Å². The Morgan fingerprint density at radius 1 is 1.40 bits per heavy atom. The maximum Gasteiger partial charge on any atom is 0.337 e. The molecule has 0 aromatic carbocycles. The molecule has 0 spiro atoms. The van der Waals surface area contributed by atoms with Gasteiger partial charge < -0.3 is 0 Å². The molecule has 1 saturated carbocycles. The third-order valence-corrected chi connectivity index (χ3v) is 4.13. The molecule has 0 amide bonds. The van der Waals surface area contributed by atoms with Crippen LogP contribution in [-0.4, -0.2) is 18.9 Å². The van der Waals surface area contributed by atoms with Gasteiger partial charge in [-0.3, -0.25) is 0 Å². The van der Waals surface area contributed by atoms with Crippen molar-refractivity contribution in [2.45, 2.75) is 30.3 Å². The Kier molecular flexibility index (Phi) is 1.50. The monoisotopic (exact) mass is 170 g/mol. The molecule has 5 heteroatoms. The van der Waals surface area contributed by atoms with Gasteiger partial charge in [0.05, 0.1) is 4.75 Å². The van der Waals surface area contributed by atoms with E-state index in [-0.39, 0.29) is 0 Å². The van der Waals surface area contributed by atoms with Crippen LogP contribution >= 0.6 is 0 Å². The average molecular weight is 170 g/mol. The van der Waals surface area contributed by atoms with Crippen LogP contribution < -0.4 is 0 Å². The highest BCUT2D eigenvalue weighted by molar-refractivity contribution is 7.93. The van der Waals surface area contributed by atoms with Crippen LogP contribution in [0.15, 0.2) is 0 Å². The SMILES string of the molecule is CC1(S(=O)(=O)C(F)F)CC1. The Morgan fingerprint density at radius 2 is 1.80 bits per heavy atom. The van der Waals surface area contributed by atoms with Crippen LogP contribution in [0.4, 0.5) is 8.78 Å². The summed E-state index contributed by atoms with van der Waals surface area (Å²) in [4.78, 5) is 0. The molecular weight excluding hydrogens is 162 g/mol. The first-order valence-electron chi connectivity index (χ1n) is 2.92. The van der Waals surface area contributed by atoms with E-state index < -0.39 is 20.3 Å². The first-order valence-corrected chi connectivity index (χ1v) is 4.46. The molecule has 2 nitrogen and oxygen atoms in total. The van der Waals surface area contributed by atoms with Gasteiger partial charge in [0.25, 0.3) is 0 Å². The zero-order valence-electron chi connectivity index (χ0n) is 5.47. The second kappa shape index (κ2) is 1.90. The summed E-state index contributed by atoms with van der Waals surface area (Å²) in [5.74, 6) is -3.21. The smallest absolute Gasteiger partial charge is 0.222 e. The van der Waals surface area contributed by atoms with Crippen molar-refractivity contribution in [2.24, 2.45) is 0 Å². The summed E-state index contributed by atoms with van der Waals surface area (Å²) in [6, 6.07) is 0. The van der Waals surface area contributed by atoms with E-state index in [9.17, 15) is 17.2 Å². The molecule has 60 valence electrons. The van der Waals surface area contributed by atoms with Gasteiger partial charge in [0.1, 0.15) is 0 Å². The number of sulfone groups is 1. The molecule has 1 fully saturated rings. The van der Waals surface area contributed by atoms with Crippen molar-refractivity contribution < 1.29 is 17.2 Å². The average Bonchev–Trinajstić information content (AvgIpc) is 2.48. The number of alkyl halides is 2. The lowest BCUT2D eigenvalue weighted by molar-refractivity contribution is 0.232. The molecular formula is C5H8F2O2S. The minimum atomic E-state index is -4.14. The zero-order valence-corrected chi connectivity index (χ0v) is 6.29. The first-order chi connectivity index (χ1) is 4.40. The molecule has 1 rings (SSSR count). The van der Waals surface area contributed by atoms with E-state index in [1.54, 1.807) is 0 Å². The molecule has 0 radical (unpaired) electrons. The Hall–Kier alpha value is -0.190. The lowest BCUT2D eigenvalue weighted by atomic mass is 10.5. The van der Waals surface area contributed by atoms with Gasteiger partial charge in [-0.15, -0.1) is 0 Å². The Labute approximate surface area is 58.1 Å². The predicted molar refractivity (Wildman–Crippen MR) is 32.6 cm³/mol. The van der Waals surface area contributed by atoms with Gasteiger partial charge >= 0.3 is 5.76 Å². The highest BCUT2D eigenvalue weighted by Crippen LogP contribution is 2.45. The summed E-state index contributed by atoms with van der Waals surface area (Å²) >= 11 is 0. The molecule has 0 bridgehead atoms. The largest absolute Gasteiger partial charge is 0.337 e. The third kappa shape index (κ3) is 0.923. The van der Waals surface area contributed by atoms with Crippen molar-refractivity contribution in [3.8, 4) is 0 Å². The Balaban J connectivity index is 2.90. The number of hydrogen-bond acceptors (Lipinski definition) is 2. The molecule has 0 unspecified atom stereocenters. The molecule has 0 atom stereocenters. The van der Waals surface area contributed by atoms with E-state index in [0.717, 1.165) is 0 Å². The van der Waals surface area contributed by atoms with E-state index in [1.165, 1.54) is 6.92 Å². The normalized spacial score (nSPS) is 23.2. The van der Waals surface area contributed by atoms with Crippen molar-refractivity contribution >= 4 is 9.84 Å². The molecule has 0 aromatic rings. The van der Waals surface area contributed by atoms with Gasteiger partial charge in [0.15, 0.2) is 0 Å². The quantitative estimate of drug-likeness (QED) is 0.623. The van der Waals surface area contributed by atoms with Gasteiger partial charge in [0, 0.05) is 0 Å². The van der Waals surface area contributed by atoms with Crippen LogP contribution in [0.3, 0.4) is 0 Å². The van der Waals surface area contributed by atoms with Gasteiger partial charge in [0.2, 0.25) is 9.84 Å². The summed E-state index contributed by atoms with van der Waals surface area (Å²) in [6.45, 7) is 1.36. The molecule has 0 aliphatic heterocycles. The van der Waals surface area contributed by atoms with E-state index in [1.807, 2.05) is 0 Å². The van der Waals surface area contributed by atoms with Gasteiger partial charge in [-0.25, -0.2) is 8.42 Å². The second-order valence-corrected chi connectivity index (χ2v) is 5.19. The summed E-state index contributed by atoms with van der Waals surface area (Å²) in [6.07, 6.45) is 0.749. The maximum absolute atomic E-state index is 11.8. The summed E-state index contributed by atoms with van der Waals surface area (Å²) in [5, 5.41) is 0. The van der Waals surface area contributed by atoms with E-state index in [2.05, 4.69) is 0 Å². The van der Waals surface area contributed by atoms with Crippen LogP contribution in [-0.2, 0) is 9.84 Å². The van der Waals surface area contributed by atoms with Crippen molar-refractivity contribution in [2.75, 3.05) is 0 Å². The number of rotatable bonds is 2. The lowest BCUT2D eigenvalue weighted by Crippen LogP contribution is -2.25. The lowest BCUT2D eigenvalue weighted by Gasteiger charge is -2.07. The van der Waals surface area contributed by atoms with Crippen LogP contribution in [0, 0.1) is 0 Å². The fourth-order valence-electron chi connectivity index (χ4n) is 0.676. The fraction of sp³-hybridized carbons (Fsp3) is 1.00. The summed E-state index contributed by atoms with van der Waals surface area (Å²) < 4.78 is 43.7. The minimum Gasteiger partial charge on any atom is -0.222 e. The number of hydrogen-bond donors (Lipinski definition) is 0. The predicted octanol–water partition coefficient (Wildman–Crippen LogP) is 1.18. The Bertz CT molecular complexity index is 228. The second-order valence-electron chi connectivity index (χ2n) is 2.76. The zero-order chi connectivity index (χ0) is 7.99. The molecule has 0 saturated heterocycles. The van der Waals surface area contributed by atoms with E-state index >= 15 is 0 Å². The van der Waals surface area contributed by atoms with Crippen molar-refractivity contribution in [1.29, 1.82) is 0 Å². The number of halogens is 2. The molecule has 10 heavy (non-hydrogen) atoms. The van der Waals surface area contributed by atoms with Gasteiger partial charge in [-0.2, -0.15) is 8.78 Å².